The summed E-state index contributed by atoms with van der Waals surface area (Å²) in [5.41, 5.74) is 1.74. The van der Waals surface area contributed by atoms with Crippen LogP contribution in [0.4, 0.5) is 0 Å². The summed E-state index contributed by atoms with van der Waals surface area (Å²) in [5.74, 6) is 1.23. The van der Waals surface area contributed by atoms with E-state index in [1.807, 2.05) is 39.8 Å². The van der Waals surface area contributed by atoms with Gasteiger partial charge in [0.2, 0.25) is 5.91 Å². The van der Waals surface area contributed by atoms with Crippen LogP contribution in [0.1, 0.15) is 60.3 Å². The average Bonchev–Trinajstić information content (AvgIpc) is 2.96. The summed E-state index contributed by atoms with van der Waals surface area (Å²) in [4.78, 5) is 28.6. The van der Waals surface area contributed by atoms with Gasteiger partial charge in [-0.05, 0) is 19.8 Å². The number of nitrogens with zero attached hydrogens (tertiary/aromatic N) is 2. The molecule has 0 saturated carbocycles. The third kappa shape index (κ3) is 4.75. The van der Waals surface area contributed by atoms with Gasteiger partial charge in [0.05, 0.1) is 6.04 Å². The van der Waals surface area contributed by atoms with E-state index < -0.39 is 0 Å². The van der Waals surface area contributed by atoms with Gasteiger partial charge in [0.15, 0.2) is 11.6 Å². The highest BCUT2D eigenvalue weighted by molar-refractivity contribution is 5.98. The fourth-order valence-electron chi connectivity index (χ4n) is 2.38. The van der Waals surface area contributed by atoms with E-state index in [0.29, 0.717) is 17.2 Å². The van der Waals surface area contributed by atoms with Gasteiger partial charge in [-0.2, -0.15) is 5.10 Å². The Balaban J connectivity index is 1.91. The van der Waals surface area contributed by atoms with Crippen LogP contribution in [0, 0.1) is 19.8 Å². The molecule has 0 fully saturated rings. The molecule has 128 valence electrons. The Hall–Kier alpha value is -2.50. The number of hydrogen-bond donors (Lipinski definition) is 2. The Morgan fingerprint density at radius 3 is 2.33 bits per heavy atom. The molecule has 0 saturated heterocycles. The van der Waals surface area contributed by atoms with Gasteiger partial charge in [0, 0.05) is 18.4 Å². The van der Waals surface area contributed by atoms with Crippen molar-refractivity contribution in [1.29, 1.82) is 0 Å². The molecular formula is C18H24N4O2. The molecule has 1 unspecified atom stereocenters. The van der Waals surface area contributed by atoms with Crippen LogP contribution in [-0.2, 0) is 4.79 Å². The highest BCUT2D eigenvalue weighted by atomic mass is 16.2. The fourth-order valence-corrected chi connectivity index (χ4v) is 2.38. The lowest BCUT2D eigenvalue weighted by molar-refractivity contribution is -0.122. The summed E-state index contributed by atoms with van der Waals surface area (Å²) in [6.07, 6.45) is 0.339. The second kappa shape index (κ2) is 7.86. The van der Waals surface area contributed by atoms with Gasteiger partial charge in [0.1, 0.15) is 5.82 Å². The van der Waals surface area contributed by atoms with Crippen molar-refractivity contribution in [3.8, 4) is 0 Å². The SMILES string of the molecule is Cc1ccc(C(=O)CCC(=O)NC(c2n[nH]c(C)n2)C(C)C)cc1. The molecule has 1 amide bonds. The molecule has 2 rings (SSSR count). The zero-order chi connectivity index (χ0) is 17.7. The largest absolute Gasteiger partial charge is 0.346 e. The predicted molar refractivity (Wildman–Crippen MR) is 91.6 cm³/mol. The molecule has 6 heteroatoms. The number of H-pyrrole nitrogens is 1. The lowest BCUT2D eigenvalue weighted by Crippen LogP contribution is -2.32. The summed E-state index contributed by atoms with van der Waals surface area (Å²) in [6.45, 7) is 7.77. The number of Topliss-reactive ketones (excluding diaryl/α,β-unsaturated/α-hetero) is 1. The van der Waals surface area contributed by atoms with E-state index in [1.165, 1.54) is 0 Å². The van der Waals surface area contributed by atoms with Crippen molar-refractivity contribution in [3.05, 3.63) is 47.0 Å². The van der Waals surface area contributed by atoms with Crippen LogP contribution >= 0.6 is 0 Å². The average molecular weight is 328 g/mol. The lowest BCUT2D eigenvalue weighted by atomic mass is 10.0. The standard InChI is InChI=1S/C18H24N4O2/c1-11(2)17(18-19-13(4)21-22-18)20-16(24)10-9-15(23)14-7-5-12(3)6-8-14/h5-8,11,17H,9-10H2,1-4H3,(H,20,24)(H,19,21,22). The van der Waals surface area contributed by atoms with Gasteiger partial charge >= 0.3 is 0 Å². The summed E-state index contributed by atoms with van der Waals surface area (Å²) in [5, 5.41) is 9.84. The second-order valence-corrected chi connectivity index (χ2v) is 6.36. The minimum absolute atomic E-state index is 0.0278. The van der Waals surface area contributed by atoms with E-state index in [9.17, 15) is 9.59 Å². The maximum Gasteiger partial charge on any atom is 0.221 e. The molecule has 0 aliphatic rings. The first kappa shape index (κ1) is 17.8. The minimum Gasteiger partial charge on any atom is -0.346 e. The van der Waals surface area contributed by atoms with E-state index >= 15 is 0 Å². The van der Waals surface area contributed by atoms with Gasteiger partial charge in [-0.25, -0.2) is 4.98 Å². The maximum atomic E-state index is 12.2. The number of aromatic amines is 1. The molecule has 0 bridgehead atoms. The van der Waals surface area contributed by atoms with E-state index in [1.54, 1.807) is 12.1 Å². The number of hydrogen-bond acceptors (Lipinski definition) is 4. The zero-order valence-electron chi connectivity index (χ0n) is 14.6. The fraction of sp³-hybridized carbons (Fsp3) is 0.444. The summed E-state index contributed by atoms with van der Waals surface area (Å²) >= 11 is 0. The molecule has 1 heterocycles. The van der Waals surface area contributed by atoms with Crippen LogP contribution < -0.4 is 5.32 Å². The topological polar surface area (TPSA) is 87.7 Å². The quantitative estimate of drug-likeness (QED) is 0.765. The van der Waals surface area contributed by atoms with Gasteiger partial charge in [-0.15, -0.1) is 0 Å². The molecule has 2 aromatic rings. The number of rotatable bonds is 7. The molecule has 1 aromatic heterocycles. The molecule has 0 aliphatic carbocycles. The smallest absolute Gasteiger partial charge is 0.221 e. The molecule has 1 atom stereocenters. The monoisotopic (exact) mass is 328 g/mol. The van der Waals surface area contributed by atoms with Crippen LogP contribution in [0.25, 0.3) is 0 Å². The number of aryl methyl sites for hydroxylation is 2. The molecule has 6 nitrogen and oxygen atoms in total. The van der Waals surface area contributed by atoms with Crippen molar-refractivity contribution < 1.29 is 9.59 Å². The van der Waals surface area contributed by atoms with Crippen LogP contribution in [0.3, 0.4) is 0 Å². The number of amides is 1. The molecule has 0 spiro atoms. The number of aromatic nitrogens is 3. The molecule has 0 radical (unpaired) electrons. The number of carbonyl (C=O) groups is 2. The summed E-state index contributed by atoms with van der Waals surface area (Å²) in [6, 6.07) is 7.12. The van der Waals surface area contributed by atoms with Gasteiger partial charge in [-0.3, -0.25) is 14.7 Å². The van der Waals surface area contributed by atoms with Crippen molar-refractivity contribution >= 4 is 11.7 Å². The van der Waals surface area contributed by atoms with Crippen LogP contribution in [0.5, 0.6) is 0 Å². The van der Waals surface area contributed by atoms with Crippen molar-refractivity contribution in [2.45, 2.75) is 46.6 Å². The number of carbonyl (C=O) groups excluding carboxylic acids is 2. The van der Waals surface area contributed by atoms with E-state index in [-0.39, 0.29) is 36.5 Å². The molecule has 1 aromatic carbocycles. The Morgan fingerprint density at radius 1 is 1.12 bits per heavy atom. The first-order chi connectivity index (χ1) is 11.4. The number of benzene rings is 1. The van der Waals surface area contributed by atoms with Gasteiger partial charge in [-0.1, -0.05) is 43.7 Å². The zero-order valence-corrected chi connectivity index (χ0v) is 14.6. The minimum atomic E-state index is -0.267. The molecular weight excluding hydrogens is 304 g/mol. The summed E-state index contributed by atoms with van der Waals surface area (Å²) < 4.78 is 0. The third-order valence-corrected chi connectivity index (χ3v) is 3.83. The Morgan fingerprint density at radius 2 is 1.79 bits per heavy atom. The summed E-state index contributed by atoms with van der Waals surface area (Å²) in [7, 11) is 0. The highest BCUT2D eigenvalue weighted by Crippen LogP contribution is 2.18. The third-order valence-electron chi connectivity index (χ3n) is 3.83. The predicted octanol–water partition coefficient (Wildman–Crippen LogP) is 2.90. The van der Waals surface area contributed by atoms with Gasteiger partial charge in [0.25, 0.3) is 0 Å². The van der Waals surface area contributed by atoms with E-state index in [2.05, 4.69) is 20.5 Å². The maximum absolute atomic E-state index is 12.2. The van der Waals surface area contributed by atoms with Crippen LogP contribution in [0.2, 0.25) is 0 Å². The number of nitrogens with one attached hydrogen (secondary N) is 2. The first-order valence-electron chi connectivity index (χ1n) is 8.15. The van der Waals surface area contributed by atoms with E-state index in [4.69, 9.17) is 0 Å². The number of ketones is 1. The Bertz CT molecular complexity index is 704. The molecule has 0 aliphatic heterocycles. The van der Waals surface area contributed by atoms with Crippen LogP contribution in [0.15, 0.2) is 24.3 Å². The Kier molecular flexibility index (Phi) is 5.84. The first-order valence-corrected chi connectivity index (χ1v) is 8.15. The normalized spacial score (nSPS) is 12.2. The van der Waals surface area contributed by atoms with E-state index in [0.717, 1.165) is 5.56 Å². The van der Waals surface area contributed by atoms with Gasteiger partial charge < -0.3 is 5.32 Å². The second-order valence-electron chi connectivity index (χ2n) is 6.36. The highest BCUT2D eigenvalue weighted by Gasteiger charge is 2.22. The molecule has 24 heavy (non-hydrogen) atoms. The van der Waals surface area contributed by atoms with Crippen molar-refractivity contribution in [3.63, 3.8) is 0 Å². The van der Waals surface area contributed by atoms with Crippen molar-refractivity contribution in [2.75, 3.05) is 0 Å². The Labute approximate surface area is 142 Å². The lowest BCUT2D eigenvalue weighted by Gasteiger charge is -2.19. The van der Waals surface area contributed by atoms with Crippen molar-refractivity contribution in [1.82, 2.24) is 20.5 Å². The van der Waals surface area contributed by atoms with Crippen molar-refractivity contribution in [2.24, 2.45) is 5.92 Å². The van der Waals surface area contributed by atoms with Crippen LogP contribution in [-0.4, -0.2) is 26.9 Å². The molecule has 2 N–H and O–H groups in total.